The summed E-state index contributed by atoms with van der Waals surface area (Å²) in [5, 5.41) is 0. The first kappa shape index (κ1) is 10.4. The lowest BCUT2D eigenvalue weighted by atomic mass is 10.3. The number of ether oxygens (including phenoxy) is 2. The number of nitrogens with zero attached hydrogens (tertiary/aromatic N) is 1. The number of anilines is 1. The number of hydrogen-bond acceptors (Lipinski definition) is 4. The van der Waals surface area contributed by atoms with Gasteiger partial charge in [0.15, 0.2) is 0 Å². The van der Waals surface area contributed by atoms with Crippen molar-refractivity contribution in [3.63, 3.8) is 0 Å². The third-order valence-corrected chi connectivity index (χ3v) is 2.08. The molecular formula is C11H13N3O2. The first-order chi connectivity index (χ1) is 7.78. The van der Waals surface area contributed by atoms with Crippen molar-refractivity contribution >= 4 is 5.82 Å². The number of nitrogen functional groups attached to an aromatic ring is 1. The lowest BCUT2D eigenvalue weighted by Gasteiger charge is -2.05. The van der Waals surface area contributed by atoms with Gasteiger partial charge < -0.3 is 20.2 Å². The number of H-pyrrole nitrogens is 1. The number of nitrogens with one attached hydrogen (secondary N) is 1. The van der Waals surface area contributed by atoms with Crippen LogP contribution in [0.3, 0.4) is 0 Å². The summed E-state index contributed by atoms with van der Waals surface area (Å²) in [6.45, 7) is 0.365. The average Bonchev–Trinajstić information content (AvgIpc) is 2.73. The Labute approximate surface area is 93.2 Å². The van der Waals surface area contributed by atoms with Gasteiger partial charge in [0, 0.05) is 0 Å². The lowest BCUT2D eigenvalue weighted by molar-refractivity contribution is 0.296. The number of imidazole rings is 1. The Morgan fingerprint density at radius 3 is 2.50 bits per heavy atom. The van der Waals surface area contributed by atoms with E-state index in [2.05, 4.69) is 9.97 Å². The van der Waals surface area contributed by atoms with E-state index in [0.29, 0.717) is 18.2 Å². The summed E-state index contributed by atoms with van der Waals surface area (Å²) in [5.74, 6) is 2.80. The van der Waals surface area contributed by atoms with E-state index in [-0.39, 0.29) is 0 Å². The summed E-state index contributed by atoms with van der Waals surface area (Å²) in [5.41, 5.74) is 5.50. The van der Waals surface area contributed by atoms with E-state index in [4.69, 9.17) is 15.2 Å². The van der Waals surface area contributed by atoms with E-state index < -0.39 is 0 Å². The van der Waals surface area contributed by atoms with E-state index >= 15 is 0 Å². The van der Waals surface area contributed by atoms with Crippen molar-refractivity contribution in [2.45, 2.75) is 6.61 Å². The number of benzene rings is 1. The van der Waals surface area contributed by atoms with Crippen LogP contribution in [0.25, 0.3) is 0 Å². The van der Waals surface area contributed by atoms with Crippen molar-refractivity contribution in [1.82, 2.24) is 9.97 Å². The molecule has 2 rings (SSSR count). The molecule has 0 amide bonds. The molecule has 0 aliphatic carbocycles. The number of aromatic amines is 1. The van der Waals surface area contributed by atoms with E-state index in [0.717, 1.165) is 11.5 Å². The molecule has 3 N–H and O–H groups in total. The van der Waals surface area contributed by atoms with Gasteiger partial charge in [-0.25, -0.2) is 4.98 Å². The highest BCUT2D eigenvalue weighted by atomic mass is 16.5. The minimum Gasteiger partial charge on any atom is -0.497 e. The molecule has 0 fully saturated rings. The van der Waals surface area contributed by atoms with E-state index in [1.807, 2.05) is 24.3 Å². The summed E-state index contributed by atoms with van der Waals surface area (Å²) in [4.78, 5) is 6.92. The summed E-state index contributed by atoms with van der Waals surface area (Å²) in [6.07, 6.45) is 1.56. The predicted molar refractivity (Wildman–Crippen MR) is 60.3 cm³/mol. The van der Waals surface area contributed by atoms with Crippen LogP contribution in [0.15, 0.2) is 30.5 Å². The maximum Gasteiger partial charge on any atom is 0.146 e. The molecule has 0 aliphatic rings. The van der Waals surface area contributed by atoms with Crippen LogP contribution in [0.2, 0.25) is 0 Å². The van der Waals surface area contributed by atoms with Gasteiger partial charge in [-0.3, -0.25) is 0 Å². The number of rotatable bonds is 4. The highest BCUT2D eigenvalue weighted by molar-refractivity contribution is 5.31. The maximum atomic E-state index is 5.50. The number of methoxy groups -OCH3 is 1. The molecule has 84 valence electrons. The fourth-order valence-corrected chi connectivity index (χ4v) is 1.28. The Morgan fingerprint density at radius 1 is 1.25 bits per heavy atom. The van der Waals surface area contributed by atoms with Gasteiger partial charge in [-0.05, 0) is 24.3 Å². The minimum absolute atomic E-state index is 0.365. The standard InChI is InChI=1S/C11H13N3O2/c1-15-8-2-4-9(5-3-8)16-7-11-13-6-10(12)14-11/h2-6H,7,12H2,1H3,(H,13,14). The molecule has 0 saturated carbocycles. The highest BCUT2D eigenvalue weighted by Crippen LogP contribution is 2.17. The highest BCUT2D eigenvalue weighted by Gasteiger charge is 1.99. The molecule has 1 aromatic carbocycles. The SMILES string of the molecule is COc1ccc(OCc2ncc(N)[nH]2)cc1. The lowest BCUT2D eigenvalue weighted by Crippen LogP contribution is -1.97. The third-order valence-electron chi connectivity index (χ3n) is 2.08. The van der Waals surface area contributed by atoms with E-state index in [1.54, 1.807) is 13.3 Å². The predicted octanol–water partition coefficient (Wildman–Crippen LogP) is 1.58. The Kier molecular flexibility index (Phi) is 2.95. The first-order valence-electron chi connectivity index (χ1n) is 4.84. The van der Waals surface area contributed by atoms with Crippen molar-refractivity contribution in [3.8, 4) is 11.5 Å². The smallest absolute Gasteiger partial charge is 0.146 e. The number of aromatic nitrogens is 2. The zero-order valence-corrected chi connectivity index (χ0v) is 8.93. The molecule has 0 radical (unpaired) electrons. The topological polar surface area (TPSA) is 73.2 Å². The van der Waals surface area contributed by atoms with Crippen LogP contribution in [0.1, 0.15) is 5.82 Å². The van der Waals surface area contributed by atoms with Crippen LogP contribution in [-0.4, -0.2) is 17.1 Å². The van der Waals surface area contributed by atoms with Crippen molar-refractivity contribution in [3.05, 3.63) is 36.3 Å². The van der Waals surface area contributed by atoms with Crippen LogP contribution in [0.4, 0.5) is 5.82 Å². The van der Waals surface area contributed by atoms with E-state index in [9.17, 15) is 0 Å². The second-order valence-corrected chi connectivity index (χ2v) is 3.25. The summed E-state index contributed by atoms with van der Waals surface area (Å²) >= 11 is 0. The first-order valence-corrected chi connectivity index (χ1v) is 4.84. The second-order valence-electron chi connectivity index (χ2n) is 3.25. The summed E-state index contributed by atoms with van der Waals surface area (Å²) in [6, 6.07) is 7.36. The van der Waals surface area contributed by atoms with Crippen molar-refractivity contribution < 1.29 is 9.47 Å². The molecule has 1 heterocycles. The van der Waals surface area contributed by atoms with Gasteiger partial charge in [0.25, 0.3) is 0 Å². The van der Waals surface area contributed by atoms with Gasteiger partial charge in [-0.15, -0.1) is 0 Å². The molecule has 5 heteroatoms. The van der Waals surface area contributed by atoms with Gasteiger partial charge in [0.05, 0.1) is 13.3 Å². The molecule has 1 aromatic heterocycles. The molecule has 16 heavy (non-hydrogen) atoms. The Bertz CT molecular complexity index is 451. The molecule has 0 aliphatic heterocycles. The molecular weight excluding hydrogens is 206 g/mol. The van der Waals surface area contributed by atoms with Crippen LogP contribution < -0.4 is 15.2 Å². The monoisotopic (exact) mass is 219 g/mol. The van der Waals surface area contributed by atoms with Gasteiger partial charge >= 0.3 is 0 Å². The zero-order chi connectivity index (χ0) is 11.4. The molecule has 2 aromatic rings. The normalized spacial score (nSPS) is 10.1. The zero-order valence-electron chi connectivity index (χ0n) is 8.93. The molecule has 5 nitrogen and oxygen atoms in total. The summed E-state index contributed by atoms with van der Waals surface area (Å²) < 4.78 is 10.5. The molecule has 0 unspecified atom stereocenters. The van der Waals surface area contributed by atoms with Crippen molar-refractivity contribution in [1.29, 1.82) is 0 Å². The fraction of sp³-hybridized carbons (Fsp3) is 0.182. The van der Waals surface area contributed by atoms with Crippen LogP contribution in [0, 0.1) is 0 Å². The Balaban J connectivity index is 1.94. The minimum atomic E-state index is 0.365. The molecule has 0 spiro atoms. The fourth-order valence-electron chi connectivity index (χ4n) is 1.28. The average molecular weight is 219 g/mol. The number of hydrogen-bond donors (Lipinski definition) is 2. The van der Waals surface area contributed by atoms with Crippen LogP contribution >= 0.6 is 0 Å². The Morgan fingerprint density at radius 2 is 1.94 bits per heavy atom. The van der Waals surface area contributed by atoms with Gasteiger partial charge in [-0.1, -0.05) is 0 Å². The van der Waals surface area contributed by atoms with Gasteiger partial charge in [-0.2, -0.15) is 0 Å². The maximum absolute atomic E-state index is 5.50. The van der Waals surface area contributed by atoms with Gasteiger partial charge in [0.1, 0.15) is 29.7 Å². The van der Waals surface area contributed by atoms with Gasteiger partial charge in [0.2, 0.25) is 0 Å². The molecule has 0 bridgehead atoms. The van der Waals surface area contributed by atoms with Crippen LogP contribution in [0.5, 0.6) is 11.5 Å². The Hall–Kier alpha value is -2.17. The largest absolute Gasteiger partial charge is 0.497 e. The van der Waals surface area contributed by atoms with Crippen molar-refractivity contribution in [2.24, 2.45) is 0 Å². The summed E-state index contributed by atoms with van der Waals surface area (Å²) in [7, 11) is 1.63. The molecule has 0 saturated heterocycles. The quantitative estimate of drug-likeness (QED) is 0.818. The second kappa shape index (κ2) is 4.57. The molecule has 0 atom stereocenters. The number of nitrogens with two attached hydrogens (primary N) is 1. The van der Waals surface area contributed by atoms with Crippen molar-refractivity contribution in [2.75, 3.05) is 12.8 Å². The van der Waals surface area contributed by atoms with Crippen LogP contribution in [-0.2, 0) is 6.61 Å². The third kappa shape index (κ3) is 2.44. The van der Waals surface area contributed by atoms with E-state index in [1.165, 1.54) is 0 Å².